The lowest BCUT2D eigenvalue weighted by Crippen LogP contribution is -2.54. The van der Waals surface area contributed by atoms with Crippen LogP contribution in [0.1, 0.15) is 26.2 Å². The third-order valence-corrected chi connectivity index (χ3v) is 5.06. The van der Waals surface area contributed by atoms with Crippen LogP contribution in [0.2, 0.25) is 0 Å². The summed E-state index contributed by atoms with van der Waals surface area (Å²) in [7, 11) is 0. The molecule has 1 aliphatic carbocycles. The van der Waals surface area contributed by atoms with Crippen LogP contribution in [0.15, 0.2) is 24.3 Å². The maximum absolute atomic E-state index is 13.5. The summed E-state index contributed by atoms with van der Waals surface area (Å²) < 4.78 is 13.5. The first-order chi connectivity index (χ1) is 12.5. The van der Waals surface area contributed by atoms with Gasteiger partial charge in [0, 0.05) is 45.2 Å². The van der Waals surface area contributed by atoms with Gasteiger partial charge in [0.25, 0.3) is 0 Å². The molecule has 0 unspecified atom stereocenters. The first-order valence-electron chi connectivity index (χ1n) is 9.34. The van der Waals surface area contributed by atoms with Gasteiger partial charge in [0.15, 0.2) is 0 Å². The molecular formula is C19H27FN4O2. The van der Waals surface area contributed by atoms with E-state index in [-0.39, 0.29) is 23.5 Å². The van der Waals surface area contributed by atoms with Crippen LogP contribution in [0.3, 0.4) is 0 Å². The summed E-state index contributed by atoms with van der Waals surface area (Å²) in [6.45, 7) is 5.87. The highest BCUT2D eigenvalue weighted by atomic mass is 19.1. The molecule has 1 aromatic rings. The molecule has 3 rings (SSSR count). The number of hydrogen-bond acceptors (Lipinski definition) is 4. The molecule has 2 aliphatic rings. The fourth-order valence-electron chi connectivity index (χ4n) is 3.12. The van der Waals surface area contributed by atoms with Gasteiger partial charge in [-0.15, -0.1) is 0 Å². The van der Waals surface area contributed by atoms with E-state index in [2.05, 4.69) is 20.4 Å². The minimum absolute atomic E-state index is 0.109. The number of para-hydroxylation sites is 1. The Kier molecular flexibility index (Phi) is 6.21. The number of amides is 2. The van der Waals surface area contributed by atoms with Crippen molar-refractivity contribution in [3.8, 4) is 0 Å². The lowest BCUT2D eigenvalue weighted by atomic mass is 10.2. The van der Waals surface area contributed by atoms with E-state index in [0.717, 1.165) is 39.0 Å². The van der Waals surface area contributed by atoms with E-state index in [9.17, 15) is 14.0 Å². The molecule has 0 spiro atoms. The molecule has 2 N–H and O–H groups in total. The van der Waals surface area contributed by atoms with Crippen LogP contribution in [-0.2, 0) is 9.59 Å². The minimum atomic E-state index is -0.423. The molecular weight excluding hydrogens is 335 g/mol. The Morgan fingerprint density at radius 1 is 1.19 bits per heavy atom. The number of rotatable bonds is 7. The van der Waals surface area contributed by atoms with Crippen LogP contribution in [0.5, 0.6) is 0 Å². The van der Waals surface area contributed by atoms with Crippen molar-refractivity contribution in [1.29, 1.82) is 0 Å². The quantitative estimate of drug-likeness (QED) is 0.770. The Labute approximate surface area is 153 Å². The van der Waals surface area contributed by atoms with E-state index < -0.39 is 5.82 Å². The molecule has 1 heterocycles. The van der Waals surface area contributed by atoms with E-state index >= 15 is 0 Å². The van der Waals surface area contributed by atoms with Crippen LogP contribution in [-0.4, -0.2) is 66.4 Å². The van der Waals surface area contributed by atoms with E-state index in [4.69, 9.17) is 0 Å². The molecule has 1 atom stereocenters. The number of benzene rings is 1. The van der Waals surface area contributed by atoms with Crippen molar-refractivity contribution in [2.24, 2.45) is 0 Å². The lowest BCUT2D eigenvalue weighted by Gasteiger charge is -2.37. The fourth-order valence-corrected chi connectivity index (χ4v) is 3.12. The first kappa shape index (κ1) is 18.8. The molecule has 1 aliphatic heterocycles. The molecule has 0 bridgehead atoms. The average molecular weight is 362 g/mol. The Hall–Kier alpha value is -1.99. The third-order valence-electron chi connectivity index (χ3n) is 5.06. The Bertz CT molecular complexity index is 642. The van der Waals surface area contributed by atoms with Crippen LogP contribution < -0.4 is 10.6 Å². The lowest BCUT2D eigenvalue weighted by molar-refractivity contribution is -0.126. The molecule has 0 radical (unpaired) electrons. The van der Waals surface area contributed by atoms with Crippen molar-refractivity contribution in [2.75, 3.05) is 38.0 Å². The van der Waals surface area contributed by atoms with Gasteiger partial charge in [-0.1, -0.05) is 12.1 Å². The second-order valence-corrected chi connectivity index (χ2v) is 7.11. The summed E-state index contributed by atoms with van der Waals surface area (Å²) in [5.74, 6) is -0.493. The summed E-state index contributed by atoms with van der Waals surface area (Å²) in [5, 5.41) is 5.66. The SMILES string of the molecule is C[C@@H](C(=O)NC1CC1)N1CCN(CCC(=O)Nc2ccccc2F)CC1. The number of hydrogen-bond donors (Lipinski definition) is 2. The van der Waals surface area contributed by atoms with Gasteiger partial charge in [0.1, 0.15) is 5.82 Å². The summed E-state index contributed by atoms with van der Waals surface area (Å²) in [6, 6.07) is 6.45. The minimum Gasteiger partial charge on any atom is -0.352 e. The average Bonchev–Trinajstić information content (AvgIpc) is 3.46. The highest BCUT2D eigenvalue weighted by Gasteiger charge is 2.29. The van der Waals surface area contributed by atoms with Gasteiger partial charge in [0.2, 0.25) is 11.8 Å². The van der Waals surface area contributed by atoms with Gasteiger partial charge in [-0.3, -0.25) is 14.5 Å². The summed E-state index contributed by atoms with van der Waals surface area (Å²) in [4.78, 5) is 28.5. The Morgan fingerprint density at radius 2 is 1.88 bits per heavy atom. The van der Waals surface area contributed by atoms with Gasteiger partial charge >= 0.3 is 0 Å². The molecule has 2 fully saturated rings. The van der Waals surface area contributed by atoms with Crippen molar-refractivity contribution in [3.63, 3.8) is 0 Å². The number of piperazine rings is 1. The number of halogens is 1. The van der Waals surface area contributed by atoms with Crippen molar-refractivity contribution in [2.45, 2.75) is 38.3 Å². The molecule has 7 heteroatoms. The van der Waals surface area contributed by atoms with Gasteiger partial charge in [-0.25, -0.2) is 4.39 Å². The van der Waals surface area contributed by atoms with Crippen LogP contribution in [0.4, 0.5) is 10.1 Å². The number of carbonyl (C=O) groups excluding carboxylic acids is 2. The largest absolute Gasteiger partial charge is 0.352 e. The summed E-state index contributed by atoms with van der Waals surface area (Å²) >= 11 is 0. The van der Waals surface area contributed by atoms with Gasteiger partial charge in [-0.2, -0.15) is 0 Å². The van der Waals surface area contributed by atoms with Gasteiger partial charge in [-0.05, 0) is 31.9 Å². The highest BCUT2D eigenvalue weighted by molar-refractivity contribution is 5.90. The Balaban J connectivity index is 1.36. The number of carbonyl (C=O) groups is 2. The van der Waals surface area contributed by atoms with Crippen molar-refractivity contribution in [3.05, 3.63) is 30.1 Å². The van der Waals surface area contributed by atoms with E-state index in [1.807, 2.05) is 6.92 Å². The predicted octanol–water partition coefficient (Wildman–Crippen LogP) is 1.44. The highest BCUT2D eigenvalue weighted by Crippen LogP contribution is 2.19. The van der Waals surface area contributed by atoms with Crippen molar-refractivity contribution < 1.29 is 14.0 Å². The van der Waals surface area contributed by atoms with Gasteiger partial charge in [0.05, 0.1) is 11.7 Å². The number of anilines is 1. The van der Waals surface area contributed by atoms with Crippen molar-refractivity contribution in [1.82, 2.24) is 15.1 Å². The second-order valence-electron chi connectivity index (χ2n) is 7.11. The zero-order valence-electron chi connectivity index (χ0n) is 15.2. The predicted molar refractivity (Wildman–Crippen MR) is 98.3 cm³/mol. The smallest absolute Gasteiger partial charge is 0.237 e. The summed E-state index contributed by atoms with van der Waals surface area (Å²) in [6.07, 6.45) is 2.52. The first-order valence-corrected chi connectivity index (χ1v) is 9.34. The zero-order valence-corrected chi connectivity index (χ0v) is 15.2. The third kappa shape index (κ3) is 5.25. The molecule has 1 saturated heterocycles. The molecule has 0 aromatic heterocycles. The van der Waals surface area contributed by atoms with Crippen molar-refractivity contribution >= 4 is 17.5 Å². The monoisotopic (exact) mass is 362 g/mol. The van der Waals surface area contributed by atoms with E-state index in [1.165, 1.54) is 6.07 Å². The molecule has 26 heavy (non-hydrogen) atoms. The van der Waals surface area contributed by atoms with Crippen LogP contribution >= 0.6 is 0 Å². The van der Waals surface area contributed by atoms with Crippen LogP contribution in [0.25, 0.3) is 0 Å². The molecule has 1 aromatic carbocycles. The van der Waals surface area contributed by atoms with Gasteiger partial charge < -0.3 is 15.5 Å². The second kappa shape index (κ2) is 8.60. The Morgan fingerprint density at radius 3 is 2.54 bits per heavy atom. The molecule has 1 saturated carbocycles. The number of nitrogens with zero attached hydrogens (tertiary/aromatic N) is 2. The number of nitrogens with one attached hydrogen (secondary N) is 2. The topological polar surface area (TPSA) is 64.7 Å². The molecule has 6 nitrogen and oxygen atoms in total. The maximum Gasteiger partial charge on any atom is 0.237 e. The fraction of sp³-hybridized carbons (Fsp3) is 0.579. The normalized spacial score (nSPS) is 19.8. The standard InChI is InChI=1S/C19H27FN4O2/c1-14(19(26)21-15-6-7-15)24-12-10-23(11-13-24)9-8-18(25)22-17-5-3-2-4-16(17)20/h2-5,14-15H,6-13H2,1H3,(H,21,26)(H,22,25)/t14-/m0/s1. The van der Waals surface area contributed by atoms with E-state index in [1.54, 1.807) is 18.2 Å². The molecule has 2 amide bonds. The summed E-state index contributed by atoms with van der Waals surface area (Å²) in [5.41, 5.74) is 0.220. The zero-order chi connectivity index (χ0) is 18.5. The molecule has 142 valence electrons. The van der Waals surface area contributed by atoms with E-state index in [0.29, 0.717) is 19.0 Å². The maximum atomic E-state index is 13.5. The van der Waals surface area contributed by atoms with Crippen LogP contribution in [0, 0.1) is 5.82 Å².